The Kier molecular flexibility index (Phi) is 4.06. The Morgan fingerprint density at radius 1 is 1.44 bits per heavy atom. The van der Waals surface area contributed by atoms with Crippen molar-refractivity contribution in [2.24, 2.45) is 5.14 Å². The molecule has 18 heavy (non-hydrogen) atoms. The molecule has 0 saturated heterocycles. The third kappa shape index (κ3) is 3.29. The number of hydrogen-bond donors (Lipinski definition) is 2. The molecule has 0 atom stereocenters. The SMILES string of the molecule is Cc1cc(C)c(NC(=O)CC#N)c(S(N)(=O)=O)c1. The van der Waals surface area contributed by atoms with Gasteiger partial charge in [-0.2, -0.15) is 5.26 Å². The lowest BCUT2D eigenvalue weighted by Crippen LogP contribution is -2.19. The van der Waals surface area contributed by atoms with Crippen molar-refractivity contribution in [2.75, 3.05) is 5.32 Å². The van der Waals surface area contributed by atoms with Gasteiger partial charge in [0.1, 0.15) is 11.3 Å². The van der Waals surface area contributed by atoms with Gasteiger partial charge in [-0.25, -0.2) is 13.6 Å². The van der Waals surface area contributed by atoms with Gasteiger partial charge in [0.2, 0.25) is 15.9 Å². The van der Waals surface area contributed by atoms with Crippen LogP contribution in [0.2, 0.25) is 0 Å². The first-order valence-corrected chi connectivity index (χ1v) is 6.61. The summed E-state index contributed by atoms with van der Waals surface area (Å²) in [6.45, 7) is 3.38. The monoisotopic (exact) mass is 267 g/mol. The van der Waals surface area contributed by atoms with Crippen molar-refractivity contribution < 1.29 is 13.2 Å². The van der Waals surface area contributed by atoms with Crippen molar-refractivity contribution in [1.29, 1.82) is 5.26 Å². The van der Waals surface area contributed by atoms with E-state index < -0.39 is 15.9 Å². The fraction of sp³-hybridized carbons (Fsp3) is 0.273. The molecule has 0 aliphatic rings. The second-order valence-corrected chi connectivity index (χ2v) is 5.41. The Balaban J connectivity index is 3.34. The lowest BCUT2D eigenvalue weighted by atomic mass is 10.1. The van der Waals surface area contributed by atoms with E-state index in [9.17, 15) is 13.2 Å². The summed E-state index contributed by atoms with van der Waals surface area (Å²) >= 11 is 0. The number of benzene rings is 1. The molecule has 0 aliphatic carbocycles. The number of aryl methyl sites for hydroxylation is 2. The van der Waals surface area contributed by atoms with Crippen LogP contribution in [0.25, 0.3) is 0 Å². The van der Waals surface area contributed by atoms with Crippen molar-refractivity contribution in [3.63, 3.8) is 0 Å². The van der Waals surface area contributed by atoms with E-state index in [-0.39, 0.29) is 17.0 Å². The molecule has 0 aromatic heterocycles. The summed E-state index contributed by atoms with van der Waals surface area (Å²) in [6, 6.07) is 4.78. The third-order valence-corrected chi connectivity index (χ3v) is 3.19. The van der Waals surface area contributed by atoms with Gasteiger partial charge in [0.25, 0.3) is 0 Å². The second-order valence-electron chi connectivity index (χ2n) is 3.88. The summed E-state index contributed by atoms with van der Waals surface area (Å²) in [5, 5.41) is 15.9. The molecule has 0 saturated carbocycles. The van der Waals surface area contributed by atoms with E-state index >= 15 is 0 Å². The predicted molar refractivity (Wildman–Crippen MR) is 66.1 cm³/mol. The van der Waals surface area contributed by atoms with Crippen LogP contribution in [0.4, 0.5) is 5.69 Å². The quantitative estimate of drug-likeness (QED) is 0.843. The second kappa shape index (κ2) is 5.16. The number of carbonyl (C=O) groups excluding carboxylic acids is 1. The number of nitrogens with zero attached hydrogens (tertiary/aromatic N) is 1. The molecule has 3 N–H and O–H groups in total. The third-order valence-electron chi connectivity index (χ3n) is 2.25. The zero-order chi connectivity index (χ0) is 13.9. The van der Waals surface area contributed by atoms with E-state index in [1.807, 2.05) is 0 Å². The first-order chi connectivity index (χ1) is 8.25. The Bertz CT molecular complexity index is 630. The topological polar surface area (TPSA) is 113 Å². The average Bonchev–Trinajstić information content (AvgIpc) is 2.20. The Morgan fingerprint density at radius 2 is 2.06 bits per heavy atom. The van der Waals surface area contributed by atoms with Crippen LogP contribution in [-0.2, 0) is 14.8 Å². The van der Waals surface area contributed by atoms with Crippen LogP contribution in [0, 0.1) is 25.2 Å². The van der Waals surface area contributed by atoms with Crippen molar-refractivity contribution in [3.8, 4) is 6.07 Å². The van der Waals surface area contributed by atoms with E-state index in [0.717, 1.165) is 5.56 Å². The lowest BCUT2D eigenvalue weighted by molar-refractivity contribution is -0.115. The highest BCUT2D eigenvalue weighted by atomic mass is 32.2. The number of anilines is 1. The van der Waals surface area contributed by atoms with E-state index in [1.165, 1.54) is 6.07 Å². The summed E-state index contributed by atoms with van der Waals surface area (Å²) in [5.41, 5.74) is 1.42. The van der Waals surface area contributed by atoms with Gasteiger partial charge in [-0.3, -0.25) is 4.79 Å². The van der Waals surface area contributed by atoms with Crippen molar-refractivity contribution in [2.45, 2.75) is 25.2 Å². The molecule has 1 amide bonds. The summed E-state index contributed by atoms with van der Waals surface area (Å²) < 4.78 is 22.9. The van der Waals surface area contributed by atoms with Crippen LogP contribution in [0.1, 0.15) is 17.5 Å². The maximum atomic E-state index is 11.5. The fourth-order valence-electron chi connectivity index (χ4n) is 1.57. The number of nitrogens with two attached hydrogens (primary N) is 1. The molecular weight excluding hydrogens is 254 g/mol. The summed E-state index contributed by atoms with van der Waals surface area (Å²) in [4.78, 5) is 11.2. The molecule has 0 heterocycles. The Hall–Kier alpha value is -1.91. The van der Waals surface area contributed by atoms with Gasteiger partial charge in [-0.05, 0) is 31.0 Å². The fourth-order valence-corrected chi connectivity index (χ4v) is 2.42. The molecule has 1 aromatic rings. The van der Waals surface area contributed by atoms with Gasteiger partial charge in [0.05, 0.1) is 11.8 Å². The maximum Gasteiger partial charge on any atom is 0.240 e. The average molecular weight is 267 g/mol. The molecule has 7 heteroatoms. The predicted octanol–water partition coefficient (Wildman–Crippen LogP) is 0.803. The molecule has 0 spiro atoms. The van der Waals surface area contributed by atoms with Crippen LogP contribution in [0.3, 0.4) is 0 Å². The Labute approximate surface area is 105 Å². The Morgan fingerprint density at radius 3 is 2.56 bits per heavy atom. The molecule has 6 nitrogen and oxygen atoms in total. The van der Waals surface area contributed by atoms with E-state index in [2.05, 4.69) is 5.32 Å². The van der Waals surface area contributed by atoms with Crippen LogP contribution in [0.5, 0.6) is 0 Å². The first-order valence-electron chi connectivity index (χ1n) is 5.06. The summed E-state index contributed by atoms with van der Waals surface area (Å²) in [6.07, 6.45) is -0.350. The number of carbonyl (C=O) groups is 1. The lowest BCUT2D eigenvalue weighted by Gasteiger charge is -2.13. The number of amides is 1. The highest BCUT2D eigenvalue weighted by Crippen LogP contribution is 2.26. The number of hydrogen-bond acceptors (Lipinski definition) is 4. The van der Waals surface area contributed by atoms with Crippen LogP contribution < -0.4 is 10.5 Å². The van der Waals surface area contributed by atoms with Crippen molar-refractivity contribution in [3.05, 3.63) is 23.3 Å². The van der Waals surface area contributed by atoms with Gasteiger partial charge >= 0.3 is 0 Å². The molecule has 0 fully saturated rings. The molecule has 96 valence electrons. The number of primary sulfonamides is 1. The molecule has 1 aromatic carbocycles. The first kappa shape index (κ1) is 14.2. The number of nitrogens with one attached hydrogen (secondary N) is 1. The van der Waals surface area contributed by atoms with E-state index in [4.69, 9.17) is 10.4 Å². The smallest absolute Gasteiger partial charge is 0.240 e. The largest absolute Gasteiger partial charge is 0.324 e. The molecule has 0 radical (unpaired) electrons. The summed E-state index contributed by atoms with van der Waals surface area (Å²) in [5.74, 6) is -0.575. The number of rotatable bonds is 3. The molecule has 0 aliphatic heterocycles. The van der Waals surface area contributed by atoms with E-state index in [1.54, 1.807) is 26.0 Å². The highest BCUT2D eigenvalue weighted by molar-refractivity contribution is 7.89. The van der Waals surface area contributed by atoms with Gasteiger partial charge in [-0.1, -0.05) is 6.07 Å². The molecular formula is C11H13N3O3S. The molecule has 0 unspecified atom stereocenters. The summed E-state index contributed by atoms with van der Waals surface area (Å²) in [7, 11) is -3.94. The normalized spacial score (nSPS) is 10.8. The van der Waals surface area contributed by atoms with Gasteiger partial charge in [0, 0.05) is 0 Å². The van der Waals surface area contributed by atoms with Crippen molar-refractivity contribution >= 4 is 21.6 Å². The zero-order valence-electron chi connectivity index (χ0n) is 10.0. The highest BCUT2D eigenvalue weighted by Gasteiger charge is 2.18. The van der Waals surface area contributed by atoms with Crippen LogP contribution in [-0.4, -0.2) is 14.3 Å². The standard InChI is InChI=1S/C11H13N3O3S/c1-7-5-8(2)11(14-10(15)3-4-12)9(6-7)18(13,16)17/h5-6H,3H2,1-2H3,(H,14,15)(H2,13,16,17). The van der Waals surface area contributed by atoms with E-state index in [0.29, 0.717) is 5.56 Å². The zero-order valence-corrected chi connectivity index (χ0v) is 10.8. The van der Waals surface area contributed by atoms with Gasteiger partial charge < -0.3 is 5.32 Å². The number of nitriles is 1. The van der Waals surface area contributed by atoms with Crippen LogP contribution >= 0.6 is 0 Å². The minimum Gasteiger partial charge on any atom is -0.324 e. The van der Waals surface area contributed by atoms with Gasteiger partial charge in [0.15, 0.2) is 0 Å². The van der Waals surface area contributed by atoms with Crippen molar-refractivity contribution in [1.82, 2.24) is 0 Å². The molecule has 1 rings (SSSR count). The number of sulfonamides is 1. The minimum atomic E-state index is -3.94. The molecule has 0 bridgehead atoms. The van der Waals surface area contributed by atoms with Gasteiger partial charge in [-0.15, -0.1) is 0 Å². The maximum absolute atomic E-state index is 11.5. The minimum absolute atomic E-state index is 0.128. The van der Waals surface area contributed by atoms with Crippen LogP contribution in [0.15, 0.2) is 17.0 Å².